The highest BCUT2D eigenvalue weighted by molar-refractivity contribution is 5.24. The Bertz CT molecular complexity index is 459. The molecule has 1 saturated carbocycles. The quantitative estimate of drug-likeness (QED) is 0.891. The number of benzene rings is 1. The van der Waals surface area contributed by atoms with Crippen LogP contribution >= 0.6 is 0 Å². The molecule has 0 amide bonds. The zero-order valence-corrected chi connectivity index (χ0v) is 11.0. The average Bonchev–Trinajstić information content (AvgIpc) is 3.17. The number of halogens is 2. The van der Waals surface area contributed by atoms with Gasteiger partial charge in [0.2, 0.25) is 0 Å². The van der Waals surface area contributed by atoms with Gasteiger partial charge in [-0.1, -0.05) is 12.5 Å². The van der Waals surface area contributed by atoms with Crippen molar-refractivity contribution in [2.75, 3.05) is 6.54 Å². The van der Waals surface area contributed by atoms with Gasteiger partial charge in [0.25, 0.3) is 0 Å². The van der Waals surface area contributed by atoms with E-state index in [1.54, 1.807) is 6.07 Å². The summed E-state index contributed by atoms with van der Waals surface area (Å²) in [6.45, 7) is 0.972. The molecule has 1 aliphatic heterocycles. The van der Waals surface area contributed by atoms with Gasteiger partial charge in [0.05, 0.1) is 6.04 Å². The predicted octanol–water partition coefficient (Wildman–Crippen LogP) is 2.98. The van der Waals surface area contributed by atoms with Crippen LogP contribution in [0.25, 0.3) is 0 Å². The second-order valence-electron chi connectivity index (χ2n) is 5.74. The van der Waals surface area contributed by atoms with E-state index in [2.05, 4.69) is 4.90 Å². The van der Waals surface area contributed by atoms with E-state index >= 15 is 0 Å². The van der Waals surface area contributed by atoms with E-state index in [0.717, 1.165) is 31.9 Å². The lowest BCUT2D eigenvalue weighted by Gasteiger charge is -2.34. The van der Waals surface area contributed by atoms with Crippen LogP contribution in [0.3, 0.4) is 0 Å². The van der Waals surface area contributed by atoms with Gasteiger partial charge < -0.3 is 5.73 Å². The lowest BCUT2D eigenvalue weighted by Crippen LogP contribution is -2.41. The molecule has 3 rings (SSSR count). The SMILES string of the molecule is NC1CCCCN(C2CC2)C1c1ccc(F)cc1F. The fourth-order valence-corrected chi connectivity index (χ4v) is 3.18. The third-order valence-corrected chi connectivity index (χ3v) is 4.26. The van der Waals surface area contributed by atoms with Crippen LogP contribution in [0.4, 0.5) is 8.78 Å². The van der Waals surface area contributed by atoms with Crippen LogP contribution in [0.5, 0.6) is 0 Å². The second-order valence-corrected chi connectivity index (χ2v) is 5.74. The van der Waals surface area contributed by atoms with Crippen LogP contribution in [0.15, 0.2) is 18.2 Å². The third kappa shape index (κ3) is 2.65. The van der Waals surface area contributed by atoms with Crippen molar-refractivity contribution in [3.05, 3.63) is 35.4 Å². The van der Waals surface area contributed by atoms with E-state index < -0.39 is 11.6 Å². The van der Waals surface area contributed by atoms with Crippen LogP contribution in [0.1, 0.15) is 43.7 Å². The Balaban J connectivity index is 1.96. The number of hydrogen-bond donors (Lipinski definition) is 1. The summed E-state index contributed by atoms with van der Waals surface area (Å²) in [6.07, 6.45) is 5.45. The number of likely N-dealkylation sites (tertiary alicyclic amines) is 1. The van der Waals surface area contributed by atoms with Crippen LogP contribution in [0.2, 0.25) is 0 Å². The van der Waals surface area contributed by atoms with Crippen molar-refractivity contribution in [1.82, 2.24) is 4.90 Å². The zero-order valence-electron chi connectivity index (χ0n) is 11.0. The van der Waals surface area contributed by atoms with Gasteiger partial charge >= 0.3 is 0 Å². The first kappa shape index (κ1) is 13.0. The van der Waals surface area contributed by atoms with Gasteiger partial charge in [-0.25, -0.2) is 8.78 Å². The fourth-order valence-electron chi connectivity index (χ4n) is 3.18. The molecule has 4 heteroatoms. The monoisotopic (exact) mass is 266 g/mol. The number of rotatable bonds is 2. The minimum atomic E-state index is -0.526. The van der Waals surface area contributed by atoms with Gasteiger partial charge in [0.15, 0.2) is 0 Å². The van der Waals surface area contributed by atoms with E-state index in [1.165, 1.54) is 18.9 Å². The van der Waals surface area contributed by atoms with E-state index in [0.29, 0.717) is 11.6 Å². The van der Waals surface area contributed by atoms with Gasteiger partial charge in [0.1, 0.15) is 11.6 Å². The molecule has 2 N–H and O–H groups in total. The molecule has 0 bridgehead atoms. The van der Waals surface area contributed by atoms with Gasteiger partial charge in [-0.05, 0) is 38.3 Å². The van der Waals surface area contributed by atoms with Crippen molar-refractivity contribution >= 4 is 0 Å². The molecule has 19 heavy (non-hydrogen) atoms. The van der Waals surface area contributed by atoms with E-state index in [4.69, 9.17) is 5.73 Å². The topological polar surface area (TPSA) is 29.3 Å². The standard InChI is InChI=1S/C15H20F2N2/c16-10-4-7-12(13(17)9-10)15-14(18)3-1-2-8-19(15)11-5-6-11/h4,7,9,11,14-15H,1-3,5-6,8,18H2. The summed E-state index contributed by atoms with van der Waals surface area (Å²) in [7, 11) is 0. The van der Waals surface area contributed by atoms with E-state index in [9.17, 15) is 8.78 Å². The fraction of sp³-hybridized carbons (Fsp3) is 0.600. The second kappa shape index (κ2) is 5.17. The molecule has 1 aliphatic carbocycles. The van der Waals surface area contributed by atoms with Crippen molar-refractivity contribution in [3.63, 3.8) is 0 Å². The molecule has 0 spiro atoms. The lowest BCUT2D eigenvalue weighted by molar-refractivity contribution is 0.172. The molecular weight excluding hydrogens is 246 g/mol. The molecule has 2 aliphatic rings. The molecule has 0 radical (unpaired) electrons. The molecule has 0 aromatic heterocycles. The number of nitrogens with two attached hydrogens (primary N) is 1. The molecule has 1 saturated heterocycles. The Morgan fingerprint density at radius 1 is 1.11 bits per heavy atom. The highest BCUT2D eigenvalue weighted by atomic mass is 19.1. The van der Waals surface area contributed by atoms with E-state index in [1.807, 2.05) is 0 Å². The number of hydrogen-bond acceptors (Lipinski definition) is 2. The summed E-state index contributed by atoms with van der Waals surface area (Å²) in [4.78, 5) is 2.34. The molecule has 1 heterocycles. The first-order valence-electron chi connectivity index (χ1n) is 7.13. The van der Waals surface area contributed by atoms with Crippen LogP contribution in [0, 0.1) is 11.6 Å². The molecule has 104 valence electrons. The highest BCUT2D eigenvalue weighted by Crippen LogP contribution is 2.39. The lowest BCUT2D eigenvalue weighted by atomic mass is 9.95. The summed E-state index contributed by atoms with van der Waals surface area (Å²) in [6, 6.07) is 4.24. The Labute approximate surface area is 112 Å². The van der Waals surface area contributed by atoms with Crippen molar-refractivity contribution in [3.8, 4) is 0 Å². The minimum Gasteiger partial charge on any atom is -0.326 e. The smallest absolute Gasteiger partial charge is 0.130 e. The van der Waals surface area contributed by atoms with Gasteiger partial charge in [0, 0.05) is 23.7 Å². The summed E-state index contributed by atoms with van der Waals surface area (Å²) in [5.41, 5.74) is 6.83. The first-order chi connectivity index (χ1) is 9.16. The Morgan fingerprint density at radius 2 is 1.89 bits per heavy atom. The Hall–Kier alpha value is -1.00. The normalized spacial score (nSPS) is 29.2. The van der Waals surface area contributed by atoms with Crippen molar-refractivity contribution in [2.45, 2.75) is 50.2 Å². The van der Waals surface area contributed by atoms with Crippen molar-refractivity contribution < 1.29 is 8.78 Å². The summed E-state index contributed by atoms with van der Waals surface area (Å²) in [5.74, 6) is -0.991. The molecule has 1 aromatic carbocycles. The average molecular weight is 266 g/mol. The Kier molecular flexibility index (Phi) is 3.54. The van der Waals surface area contributed by atoms with Crippen molar-refractivity contribution in [1.29, 1.82) is 0 Å². The van der Waals surface area contributed by atoms with Gasteiger partial charge in [-0.3, -0.25) is 4.90 Å². The minimum absolute atomic E-state index is 0.0666. The highest BCUT2D eigenvalue weighted by Gasteiger charge is 2.39. The zero-order chi connectivity index (χ0) is 13.4. The number of nitrogens with zero attached hydrogens (tertiary/aromatic N) is 1. The first-order valence-corrected chi connectivity index (χ1v) is 7.13. The molecular formula is C15H20F2N2. The predicted molar refractivity (Wildman–Crippen MR) is 70.7 cm³/mol. The third-order valence-electron chi connectivity index (χ3n) is 4.26. The Morgan fingerprint density at radius 3 is 2.58 bits per heavy atom. The van der Waals surface area contributed by atoms with Gasteiger partial charge in [-0.2, -0.15) is 0 Å². The molecule has 2 fully saturated rings. The maximum atomic E-state index is 14.1. The van der Waals surface area contributed by atoms with Crippen molar-refractivity contribution in [2.24, 2.45) is 5.73 Å². The van der Waals surface area contributed by atoms with Crippen LogP contribution < -0.4 is 5.73 Å². The van der Waals surface area contributed by atoms with Crippen LogP contribution in [-0.4, -0.2) is 23.5 Å². The largest absolute Gasteiger partial charge is 0.326 e. The molecule has 1 aromatic rings. The maximum Gasteiger partial charge on any atom is 0.130 e. The van der Waals surface area contributed by atoms with Gasteiger partial charge in [-0.15, -0.1) is 0 Å². The van der Waals surface area contributed by atoms with Crippen LogP contribution in [-0.2, 0) is 0 Å². The molecule has 2 nitrogen and oxygen atoms in total. The molecule has 2 unspecified atom stereocenters. The molecule has 2 atom stereocenters. The summed E-state index contributed by atoms with van der Waals surface area (Å²) in [5, 5.41) is 0. The maximum absolute atomic E-state index is 14.1. The summed E-state index contributed by atoms with van der Waals surface area (Å²) < 4.78 is 27.2. The summed E-state index contributed by atoms with van der Waals surface area (Å²) >= 11 is 0. The van der Waals surface area contributed by atoms with E-state index in [-0.39, 0.29) is 12.1 Å².